The first-order valence-electron chi connectivity index (χ1n) is 8.85. The standard InChI is InChI=1S/C20H22N2O5/c1-26-18-5-2-4-15(12-18)14-27-19-6-3-11-21(13-19)20(23)16-7-9-17(10-8-16)22(24)25/h2,4-5,7-10,12,19H,3,6,11,13-14H2,1H3. The van der Waals surface area contributed by atoms with Crippen molar-refractivity contribution < 1.29 is 19.2 Å². The maximum absolute atomic E-state index is 12.7. The lowest BCUT2D eigenvalue weighted by Gasteiger charge is -2.32. The van der Waals surface area contributed by atoms with Gasteiger partial charge in [0.05, 0.1) is 24.7 Å². The number of nitro benzene ring substituents is 1. The maximum atomic E-state index is 12.7. The Bertz CT molecular complexity index is 806. The molecule has 0 spiro atoms. The first-order valence-corrected chi connectivity index (χ1v) is 8.85. The third-order valence-electron chi connectivity index (χ3n) is 4.61. The van der Waals surface area contributed by atoms with E-state index < -0.39 is 4.92 Å². The van der Waals surface area contributed by atoms with Crippen molar-refractivity contribution in [3.05, 3.63) is 69.8 Å². The molecule has 27 heavy (non-hydrogen) atoms. The molecule has 1 atom stereocenters. The van der Waals surface area contributed by atoms with Crippen molar-refractivity contribution in [2.45, 2.75) is 25.6 Å². The minimum absolute atomic E-state index is 0.0234. The molecule has 1 saturated heterocycles. The lowest BCUT2D eigenvalue weighted by atomic mass is 10.1. The average Bonchev–Trinajstić information content (AvgIpc) is 2.72. The summed E-state index contributed by atoms with van der Waals surface area (Å²) in [6.45, 7) is 1.63. The van der Waals surface area contributed by atoms with Crippen LogP contribution in [0, 0.1) is 10.1 Å². The minimum atomic E-state index is -0.475. The van der Waals surface area contributed by atoms with E-state index in [1.165, 1.54) is 24.3 Å². The second-order valence-corrected chi connectivity index (χ2v) is 6.48. The van der Waals surface area contributed by atoms with E-state index in [1.807, 2.05) is 24.3 Å². The molecule has 7 heteroatoms. The molecule has 1 unspecified atom stereocenters. The average molecular weight is 370 g/mol. The van der Waals surface area contributed by atoms with Gasteiger partial charge in [-0.2, -0.15) is 0 Å². The van der Waals surface area contributed by atoms with Crippen molar-refractivity contribution in [2.24, 2.45) is 0 Å². The number of methoxy groups -OCH3 is 1. The molecule has 2 aromatic rings. The molecule has 1 aliphatic heterocycles. The minimum Gasteiger partial charge on any atom is -0.497 e. The Morgan fingerprint density at radius 3 is 2.74 bits per heavy atom. The van der Waals surface area contributed by atoms with Crippen LogP contribution < -0.4 is 4.74 Å². The van der Waals surface area contributed by atoms with Gasteiger partial charge in [0, 0.05) is 30.8 Å². The van der Waals surface area contributed by atoms with E-state index in [9.17, 15) is 14.9 Å². The number of benzene rings is 2. The quantitative estimate of drug-likeness (QED) is 0.575. The first kappa shape index (κ1) is 18.8. The summed E-state index contributed by atoms with van der Waals surface area (Å²) in [7, 11) is 1.63. The van der Waals surface area contributed by atoms with Gasteiger partial charge in [-0.05, 0) is 42.7 Å². The van der Waals surface area contributed by atoms with E-state index in [0.717, 1.165) is 24.2 Å². The van der Waals surface area contributed by atoms with Gasteiger partial charge in [0.15, 0.2) is 0 Å². The molecule has 1 amide bonds. The summed E-state index contributed by atoms with van der Waals surface area (Å²) in [5.41, 5.74) is 1.45. The van der Waals surface area contributed by atoms with Gasteiger partial charge in [-0.15, -0.1) is 0 Å². The van der Waals surface area contributed by atoms with Crippen molar-refractivity contribution in [1.29, 1.82) is 0 Å². The Kier molecular flexibility index (Phi) is 6.03. The fourth-order valence-corrected chi connectivity index (χ4v) is 3.14. The first-order chi connectivity index (χ1) is 13.1. The number of non-ortho nitro benzene ring substituents is 1. The summed E-state index contributed by atoms with van der Waals surface area (Å²) in [5, 5.41) is 10.7. The van der Waals surface area contributed by atoms with Gasteiger partial charge in [0.2, 0.25) is 0 Å². The largest absolute Gasteiger partial charge is 0.497 e. The zero-order valence-electron chi connectivity index (χ0n) is 15.2. The predicted octanol–water partition coefficient (Wildman–Crippen LogP) is 3.42. The topological polar surface area (TPSA) is 81.9 Å². The van der Waals surface area contributed by atoms with E-state index in [-0.39, 0.29) is 17.7 Å². The van der Waals surface area contributed by atoms with Crippen LogP contribution in [0.25, 0.3) is 0 Å². The molecule has 0 saturated carbocycles. The number of ether oxygens (including phenoxy) is 2. The van der Waals surface area contributed by atoms with Gasteiger partial charge in [-0.1, -0.05) is 12.1 Å². The molecule has 142 valence electrons. The molecule has 1 heterocycles. The summed E-state index contributed by atoms with van der Waals surface area (Å²) < 4.78 is 11.2. The smallest absolute Gasteiger partial charge is 0.269 e. The number of rotatable bonds is 6. The fourth-order valence-electron chi connectivity index (χ4n) is 3.14. The van der Waals surface area contributed by atoms with Crippen molar-refractivity contribution in [1.82, 2.24) is 4.90 Å². The van der Waals surface area contributed by atoms with E-state index >= 15 is 0 Å². The van der Waals surface area contributed by atoms with Crippen LogP contribution in [0.3, 0.4) is 0 Å². The molecule has 0 radical (unpaired) electrons. The van der Waals surface area contributed by atoms with Gasteiger partial charge in [-0.3, -0.25) is 14.9 Å². The Morgan fingerprint density at radius 2 is 2.04 bits per heavy atom. The number of carbonyl (C=O) groups is 1. The fraction of sp³-hybridized carbons (Fsp3) is 0.350. The molecule has 0 bridgehead atoms. The molecule has 0 aliphatic carbocycles. The number of carbonyl (C=O) groups excluding carboxylic acids is 1. The number of hydrogen-bond acceptors (Lipinski definition) is 5. The van der Waals surface area contributed by atoms with Crippen LogP contribution in [-0.4, -0.2) is 42.0 Å². The number of hydrogen-bond donors (Lipinski definition) is 0. The summed E-state index contributed by atoms with van der Waals surface area (Å²) in [6, 6.07) is 13.4. The third kappa shape index (κ3) is 4.83. The molecule has 0 aromatic heterocycles. The van der Waals surface area contributed by atoms with Crippen molar-refractivity contribution in [3.63, 3.8) is 0 Å². The highest BCUT2D eigenvalue weighted by Crippen LogP contribution is 2.20. The van der Waals surface area contributed by atoms with Crippen LogP contribution in [0.5, 0.6) is 5.75 Å². The van der Waals surface area contributed by atoms with Crippen LogP contribution in [0.15, 0.2) is 48.5 Å². The normalized spacial score (nSPS) is 16.8. The van der Waals surface area contributed by atoms with Crippen LogP contribution >= 0.6 is 0 Å². The maximum Gasteiger partial charge on any atom is 0.269 e. The number of likely N-dealkylation sites (tertiary alicyclic amines) is 1. The van der Waals surface area contributed by atoms with Crippen molar-refractivity contribution in [2.75, 3.05) is 20.2 Å². The monoisotopic (exact) mass is 370 g/mol. The Hall–Kier alpha value is -2.93. The predicted molar refractivity (Wildman–Crippen MR) is 99.8 cm³/mol. The summed E-state index contributed by atoms with van der Waals surface area (Å²) >= 11 is 0. The van der Waals surface area contributed by atoms with Gasteiger partial charge >= 0.3 is 0 Å². The van der Waals surface area contributed by atoms with Crippen LogP contribution in [-0.2, 0) is 11.3 Å². The van der Waals surface area contributed by atoms with Gasteiger partial charge in [0.1, 0.15) is 5.75 Å². The van der Waals surface area contributed by atoms with E-state index in [2.05, 4.69) is 0 Å². The van der Waals surface area contributed by atoms with Crippen LogP contribution in [0.4, 0.5) is 5.69 Å². The van der Waals surface area contributed by atoms with Crippen molar-refractivity contribution in [3.8, 4) is 5.75 Å². The van der Waals surface area contributed by atoms with E-state index in [0.29, 0.717) is 25.3 Å². The lowest BCUT2D eigenvalue weighted by Crippen LogP contribution is -2.43. The molecule has 7 nitrogen and oxygen atoms in total. The zero-order valence-corrected chi connectivity index (χ0v) is 15.2. The second kappa shape index (κ2) is 8.64. The highest BCUT2D eigenvalue weighted by atomic mass is 16.6. The lowest BCUT2D eigenvalue weighted by molar-refractivity contribution is -0.384. The van der Waals surface area contributed by atoms with Crippen LogP contribution in [0.1, 0.15) is 28.8 Å². The van der Waals surface area contributed by atoms with Gasteiger partial charge in [0.25, 0.3) is 11.6 Å². The third-order valence-corrected chi connectivity index (χ3v) is 4.61. The molecule has 1 aliphatic rings. The molecule has 2 aromatic carbocycles. The zero-order chi connectivity index (χ0) is 19.2. The van der Waals surface area contributed by atoms with Gasteiger partial charge < -0.3 is 14.4 Å². The Balaban J connectivity index is 1.58. The number of nitrogens with zero attached hydrogens (tertiary/aromatic N) is 2. The molecule has 3 rings (SSSR count). The molecular weight excluding hydrogens is 348 g/mol. The molecule has 1 fully saturated rings. The Labute approximate surface area is 157 Å². The van der Waals surface area contributed by atoms with Gasteiger partial charge in [-0.25, -0.2) is 0 Å². The number of piperidine rings is 1. The SMILES string of the molecule is COc1cccc(COC2CCCN(C(=O)c3ccc([N+](=O)[O-])cc3)C2)c1. The summed E-state index contributed by atoms with van der Waals surface area (Å²) in [4.78, 5) is 24.7. The molecular formula is C20H22N2O5. The highest BCUT2D eigenvalue weighted by molar-refractivity contribution is 5.94. The number of amides is 1. The summed E-state index contributed by atoms with van der Waals surface area (Å²) in [6.07, 6.45) is 1.72. The second-order valence-electron chi connectivity index (χ2n) is 6.48. The van der Waals surface area contributed by atoms with E-state index in [4.69, 9.17) is 9.47 Å². The molecule has 0 N–H and O–H groups in total. The van der Waals surface area contributed by atoms with Crippen molar-refractivity contribution >= 4 is 11.6 Å². The highest BCUT2D eigenvalue weighted by Gasteiger charge is 2.25. The van der Waals surface area contributed by atoms with E-state index in [1.54, 1.807) is 12.0 Å². The Morgan fingerprint density at radius 1 is 1.26 bits per heavy atom. The summed E-state index contributed by atoms with van der Waals surface area (Å²) in [5.74, 6) is 0.661. The van der Waals surface area contributed by atoms with Crippen LogP contribution in [0.2, 0.25) is 0 Å². The number of nitro groups is 1.